The van der Waals surface area contributed by atoms with Crippen molar-refractivity contribution in [1.29, 1.82) is 0 Å². The molecule has 0 radical (unpaired) electrons. The van der Waals surface area contributed by atoms with Gasteiger partial charge in [-0.2, -0.15) is 5.10 Å². The molecule has 1 fully saturated rings. The number of nitrogens with zero attached hydrogens (tertiary/aromatic N) is 6. The minimum atomic E-state index is -1.26. The van der Waals surface area contributed by atoms with Gasteiger partial charge >= 0.3 is 11.8 Å². The van der Waals surface area contributed by atoms with Gasteiger partial charge in [0.25, 0.3) is 0 Å². The van der Waals surface area contributed by atoms with Crippen molar-refractivity contribution in [3.63, 3.8) is 0 Å². The molecule has 12 nitrogen and oxygen atoms in total. The number of nitrogens with one attached hydrogen (secondary N) is 1. The van der Waals surface area contributed by atoms with Gasteiger partial charge in [0, 0.05) is 25.2 Å². The van der Waals surface area contributed by atoms with E-state index in [4.69, 9.17) is 9.47 Å². The van der Waals surface area contributed by atoms with E-state index in [1.807, 2.05) is 0 Å². The molecular formula is C19H19F2N7O5. The van der Waals surface area contributed by atoms with Crippen LogP contribution >= 0.6 is 0 Å². The van der Waals surface area contributed by atoms with Gasteiger partial charge in [-0.15, -0.1) is 0 Å². The number of rotatable bonds is 7. The fourth-order valence-electron chi connectivity index (χ4n) is 3.62. The summed E-state index contributed by atoms with van der Waals surface area (Å²) >= 11 is 0. The third-order valence-electron chi connectivity index (χ3n) is 5.04. The third kappa shape index (κ3) is 4.58. The topological polar surface area (TPSA) is 137 Å². The van der Waals surface area contributed by atoms with E-state index in [9.17, 15) is 23.7 Å². The second kappa shape index (κ2) is 9.18. The van der Waals surface area contributed by atoms with Crippen LogP contribution in [0.1, 0.15) is 18.0 Å². The first-order chi connectivity index (χ1) is 15.9. The zero-order chi connectivity index (χ0) is 23.5. The maximum absolute atomic E-state index is 14.5. The number of hydrogen-bond donors (Lipinski definition) is 1. The number of carbonyl (C=O) groups is 1. The number of nitro groups is 1. The monoisotopic (exact) mass is 463 g/mol. The molecular weight excluding hydrogens is 444 g/mol. The molecule has 0 spiro atoms. The van der Waals surface area contributed by atoms with Gasteiger partial charge in [0.2, 0.25) is 11.5 Å². The lowest BCUT2D eigenvalue weighted by atomic mass is 10.1. The molecule has 4 heterocycles. The number of hydrogen-bond acceptors (Lipinski definition) is 9. The van der Waals surface area contributed by atoms with Crippen molar-refractivity contribution in [1.82, 2.24) is 24.9 Å². The van der Waals surface area contributed by atoms with Crippen LogP contribution in [-0.2, 0) is 4.74 Å². The van der Waals surface area contributed by atoms with Crippen LogP contribution in [0.4, 0.5) is 25.1 Å². The Bertz CT molecular complexity index is 1190. The van der Waals surface area contributed by atoms with Crippen molar-refractivity contribution in [3.05, 3.63) is 52.2 Å². The smallest absolute Gasteiger partial charge is 0.406 e. The summed E-state index contributed by atoms with van der Waals surface area (Å²) in [6.45, 7) is -0.204. The largest absolute Gasteiger partial charge is 0.474 e. The van der Waals surface area contributed by atoms with Crippen molar-refractivity contribution >= 4 is 23.2 Å². The quantitative estimate of drug-likeness (QED) is 0.317. The molecule has 2 atom stereocenters. The van der Waals surface area contributed by atoms with Gasteiger partial charge in [0.1, 0.15) is 37.2 Å². The lowest BCUT2D eigenvalue weighted by Gasteiger charge is -2.26. The fraction of sp³-hybridized carbons (Fsp3) is 0.368. The lowest BCUT2D eigenvalue weighted by Crippen LogP contribution is -2.26. The number of aromatic nitrogens is 4. The molecule has 1 saturated heterocycles. The zero-order valence-electron chi connectivity index (χ0n) is 17.4. The second-order valence-electron chi connectivity index (χ2n) is 7.12. The molecule has 1 amide bonds. The van der Waals surface area contributed by atoms with Crippen molar-refractivity contribution in [2.45, 2.75) is 18.6 Å². The Morgan fingerprint density at radius 3 is 2.97 bits per heavy atom. The highest BCUT2D eigenvalue weighted by molar-refractivity contribution is 5.66. The zero-order valence-corrected chi connectivity index (χ0v) is 17.4. The van der Waals surface area contributed by atoms with Gasteiger partial charge in [-0.1, -0.05) is 0 Å². The Morgan fingerprint density at radius 1 is 1.39 bits per heavy atom. The fourth-order valence-corrected chi connectivity index (χ4v) is 3.62. The molecule has 14 heteroatoms. The standard InChI is InChI=1S/C19H19F2N7O5/c1-22-19(29)33-5-4-32-18-13(6-11(20)8-23-18)14-7-12(21)10-26(14)16-2-3-27-17(25-16)15(9-24-27)28(30)31/h2-3,6,8-9,12,14H,4-5,7,10H2,1H3,(H,22,29)/t12-,14+/m0/s1. The number of anilines is 1. The Kier molecular flexibility index (Phi) is 6.15. The van der Waals surface area contributed by atoms with Crippen molar-refractivity contribution < 1.29 is 28.0 Å². The van der Waals surface area contributed by atoms with Crippen LogP contribution in [0, 0.1) is 15.9 Å². The predicted octanol–water partition coefficient (Wildman–Crippen LogP) is 2.20. The SMILES string of the molecule is CNC(=O)OCCOc1ncc(F)cc1[C@H]1C[C@H](F)CN1c1ccn2ncc([N+](=O)[O-])c2n1. The summed E-state index contributed by atoms with van der Waals surface area (Å²) in [4.78, 5) is 31.6. The number of ether oxygens (including phenoxy) is 2. The van der Waals surface area contributed by atoms with Crippen LogP contribution in [0.3, 0.4) is 0 Å². The summed E-state index contributed by atoms with van der Waals surface area (Å²) in [6, 6.07) is 2.03. The molecule has 3 aromatic rings. The third-order valence-corrected chi connectivity index (χ3v) is 5.04. The normalized spacial score (nSPS) is 17.8. The van der Waals surface area contributed by atoms with Crippen LogP contribution in [0.25, 0.3) is 5.65 Å². The summed E-state index contributed by atoms with van der Waals surface area (Å²) in [5.41, 5.74) is -0.0181. The van der Waals surface area contributed by atoms with E-state index in [0.717, 1.165) is 12.4 Å². The van der Waals surface area contributed by atoms with Crippen molar-refractivity contribution in [2.24, 2.45) is 0 Å². The maximum atomic E-state index is 14.5. The molecule has 174 valence electrons. The van der Waals surface area contributed by atoms with Crippen molar-refractivity contribution in [3.8, 4) is 5.88 Å². The number of alkyl halides is 1. The number of carbonyl (C=O) groups excluding carboxylic acids is 1. The van der Waals surface area contributed by atoms with Crippen LogP contribution in [0.5, 0.6) is 5.88 Å². The Balaban J connectivity index is 1.63. The highest BCUT2D eigenvalue weighted by Gasteiger charge is 2.37. The Hall–Kier alpha value is -4.10. The summed E-state index contributed by atoms with van der Waals surface area (Å²) in [7, 11) is 1.41. The van der Waals surface area contributed by atoms with Crippen LogP contribution in [0.15, 0.2) is 30.7 Å². The molecule has 0 aromatic carbocycles. The van der Waals surface area contributed by atoms with Gasteiger partial charge in [0.05, 0.1) is 23.7 Å². The molecule has 1 aliphatic heterocycles. The van der Waals surface area contributed by atoms with Gasteiger partial charge < -0.3 is 19.7 Å². The van der Waals surface area contributed by atoms with E-state index in [2.05, 4.69) is 20.4 Å². The Morgan fingerprint density at radius 2 is 2.21 bits per heavy atom. The van der Waals surface area contributed by atoms with E-state index in [0.29, 0.717) is 0 Å². The van der Waals surface area contributed by atoms with Gasteiger partial charge in [-0.3, -0.25) is 10.1 Å². The van der Waals surface area contributed by atoms with Gasteiger partial charge in [-0.25, -0.2) is 28.1 Å². The summed E-state index contributed by atoms with van der Waals surface area (Å²) in [6.07, 6.45) is 1.62. The second-order valence-corrected chi connectivity index (χ2v) is 7.12. The van der Waals surface area contributed by atoms with E-state index in [1.54, 1.807) is 11.0 Å². The first-order valence-electron chi connectivity index (χ1n) is 9.89. The van der Waals surface area contributed by atoms with Gasteiger partial charge in [-0.05, 0) is 12.1 Å². The van der Waals surface area contributed by atoms with E-state index >= 15 is 0 Å². The number of amides is 1. The Labute approximate surface area is 185 Å². The molecule has 1 aliphatic rings. The van der Waals surface area contributed by atoms with Crippen LogP contribution in [0.2, 0.25) is 0 Å². The first-order valence-corrected chi connectivity index (χ1v) is 9.89. The minimum Gasteiger partial charge on any atom is -0.474 e. The van der Waals surface area contributed by atoms with Crippen LogP contribution in [-0.4, -0.2) is 63.6 Å². The molecule has 0 saturated carbocycles. The first kappa shape index (κ1) is 22.1. The van der Waals surface area contributed by atoms with E-state index in [1.165, 1.54) is 23.8 Å². The molecule has 4 rings (SSSR count). The summed E-state index contributed by atoms with van der Waals surface area (Å²) in [5, 5.41) is 17.4. The predicted molar refractivity (Wildman–Crippen MR) is 109 cm³/mol. The molecule has 0 unspecified atom stereocenters. The van der Waals surface area contributed by atoms with E-state index in [-0.39, 0.29) is 54.8 Å². The highest BCUT2D eigenvalue weighted by Crippen LogP contribution is 2.40. The van der Waals surface area contributed by atoms with Gasteiger partial charge in [0.15, 0.2) is 0 Å². The number of fused-ring (bicyclic) bond motifs is 1. The van der Waals surface area contributed by atoms with E-state index < -0.39 is 29.0 Å². The summed E-state index contributed by atoms with van der Waals surface area (Å²) < 4.78 is 40.2. The molecule has 3 aromatic heterocycles. The molecule has 0 aliphatic carbocycles. The maximum Gasteiger partial charge on any atom is 0.406 e. The number of halogens is 2. The highest BCUT2D eigenvalue weighted by atomic mass is 19.1. The number of pyridine rings is 1. The average Bonchev–Trinajstić information content (AvgIpc) is 3.40. The molecule has 33 heavy (non-hydrogen) atoms. The van der Waals surface area contributed by atoms with Crippen molar-refractivity contribution in [2.75, 3.05) is 31.7 Å². The summed E-state index contributed by atoms with van der Waals surface area (Å²) in [5.74, 6) is -0.331. The molecule has 0 bridgehead atoms. The lowest BCUT2D eigenvalue weighted by molar-refractivity contribution is -0.383. The minimum absolute atomic E-state index is 0.00116. The van der Waals surface area contributed by atoms with Crippen LogP contribution < -0.4 is 15.0 Å². The number of alkyl carbamates (subject to hydrolysis) is 1. The average molecular weight is 463 g/mol. The molecule has 1 N–H and O–H groups in total.